The van der Waals surface area contributed by atoms with Crippen LogP contribution in [0.15, 0.2) is 24.3 Å². The molecule has 2 amide bonds. The Hall–Kier alpha value is -3.61. The molecule has 0 unspecified atom stereocenters. The van der Waals surface area contributed by atoms with Crippen molar-refractivity contribution in [1.82, 2.24) is 20.0 Å². The van der Waals surface area contributed by atoms with Crippen LogP contribution in [0.1, 0.15) is 51.3 Å². The van der Waals surface area contributed by atoms with Crippen molar-refractivity contribution in [3.63, 3.8) is 0 Å². The number of benzene rings is 1. The van der Waals surface area contributed by atoms with Crippen molar-refractivity contribution in [2.45, 2.75) is 52.1 Å². The van der Waals surface area contributed by atoms with Gasteiger partial charge in [-0.3, -0.25) is 4.79 Å². The smallest absolute Gasteiger partial charge is 0.410 e. The zero-order chi connectivity index (χ0) is 24.9. The predicted octanol–water partition coefficient (Wildman–Crippen LogP) is 3.16. The summed E-state index contributed by atoms with van der Waals surface area (Å²) in [4.78, 5) is 26.3. The van der Waals surface area contributed by atoms with Gasteiger partial charge < -0.3 is 20.7 Å². The topological polar surface area (TPSA) is 126 Å². The standard InChI is InChI=1S/C24H31FN6O3/c1-24(2,3)34-23(33)30-13-10-16(11-14-30)22(32)28-12-4-5-20-19(15-26)21(27)31(29-20)18-8-6-17(25)7-9-18/h6-9,16H,4-5,10-14,27H2,1-3H3,(H,28,32). The molecule has 1 saturated heterocycles. The highest BCUT2D eigenvalue weighted by molar-refractivity contribution is 5.79. The lowest BCUT2D eigenvalue weighted by atomic mass is 9.96. The van der Waals surface area contributed by atoms with Crippen molar-refractivity contribution >= 4 is 17.8 Å². The highest BCUT2D eigenvalue weighted by atomic mass is 19.1. The Kier molecular flexibility index (Phi) is 7.76. The number of amides is 2. The van der Waals surface area contributed by atoms with Crippen LogP contribution in [0.3, 0.4) is 0 Å². The third-order valence-electron chi connectivity index (χ3n) is 5.58. The van der Waals surface area contributed by atoms with Gasteiger partial charge in [0.25, 0.3) is 0 Å². The summed E-state index contributed by atoms with van der Waals surface area (Å²) in [5.74, 6) is -0.367. The number of carbonyl (C=O) groups excluding carboxylic acids is 2. The van der Waals surface area contributed by atoms with Gasteiger partial charge in [-0.1, -0.05) is 0 Å². The number of anilines is 1. The molecule has 10 heteroatoms. The monoisotopic (exact) mass is 470 g/mol. The number of nitrogens with one attached hydrogen (secondary N) is 1. The van der Waals surface area contributed by atoms with E-state index in [0.29, 0.717) is 56.7 Å². The van der Waals surface area contributed by atoms with E-state index in [4.69, 9.17) is 10.5 Å². The molecule has 0 bridgehead atoms. The van der Waals surface area contributed by atoms with Crippen LogP contribution in [0.4, 0.5) is 15.0 Å². The van der Waals surface area contributed by atoms with Gasteiger partial charge in [0.1, 0.15) is 28.9 Å². The number of piperidine rings is 1. The Morgan fingerprint density at radius 2 is 1.91 bits per heavy atom. The number of hydrogen-bond donors (Lipinski definition) is 2. The molecule has 0 spiro atoms. The van der Waals surface area contributed by atoms with E-state index in [-0.39, 0.29) is 35.1 Å². The SMILES string of the molecule is CC(C)(C)OC(=O)N1CCC(C(=O)NCCCc2nn(-c3ccc(F)cc3)c(N)c2C#N)CC1. The van der Waals surface area contributed by atoms with Gasteiger partial charge in [0, 0.05) is 25.6 Å². The van der Waals surface area contributed by atoms with Crippen LogP contribution in [0, 0.1) is 23.1 Å². The summed E-state index contributed by atoms with van der Waals surface area (Å²) in [5.41, 5.74) is 6.91. The number of ether oxygens (including phenoxy) is 1. The molecule has 0 radical (unpaired) electrons. The van der Waals surface area contributed by atoms with Crippen molar-refractivity contribution in [2.75, 3.05) is 25.4 Å². The molecule has 1 aliphatic heterocycles. The van der Waals surface area contributed by atoms with E-state index in [1.54, 1.807) is 4.90 Å². The van der Waals surface area contributed by atoms with Crippen LogP contribution in [0.2, 0.25) is 0 Å². The van der Waals surface area contributed by atoms with Gasteiger partial charge in [-0.15, -0.1) is 0 Å². The van der Waals surface area contributed by atoms with Gasteiger partial charge in [-0.2, -0.15) is 10.4 Å². The van der Waals surface area contributed by atoms with Crippen molar-refractivity contribution in [3.05, 3.63) is 41.3 Å². The Balaban J connectivity index is 1.47. The number of halogens is 1. The Morgan fingerprint density at radius 1 is 1.26 bits per heavy atom. The lowest BCUT2D eigenvalue weighted by molar-refractivity contribution is -0.126. The van der Waals surface area contributed by atoms with Crippen LogP contribution < -0.4 is 11.1 Å². The van der Waals surface area contributed by atoms with E-state index in [1.807, 2.05) is 20.8 Å². The minimum atomic E-state index is -0.545. The van der Waals surface area contributed by atoms with Gasteiger partial charge in [-0.25, -0.2) is 13.9 Å². The molecule has 9 nitrogen and oxygen atoms in total. The summed E-state index contributed by atoms with van der Waals surface area (Å²) >= 11 is 0. The number of nitrogens with zero attached hydrogens (tertiary/aromatic N) is 4. The van der Waals surface area contributed by atoms with Gasteiger partial charge in [0.2, 0.25) is 5.91 Å². The molecule has 3 N–H and O–H groups in total. The van der Waals surface area contributed by atoms with Gasteiger partial charge in [0.15, 0.2) is 0 Å². The summed E-state index contributed by atoms with van der Waals surface area (Å²) in [6.07, 6.45) is 1.86. The highest BCUT2D eigenvalue weighted by Crippen LogP contribution is 2.22. The van der Waals surface area contributed by atoms with Crippen molar-refractivity contribution in [2.24, 2.45) is 5.92 Å². The summed E-state index contributed by atoms with van der Waals surface area (Å²) in [6.45, 7) is 6.88. The van der Waals surface area contributed by atoms with Crippen LogP contribution >= 0.6 is 0 Å². The maximum Gasteiger partial charge on any atom is 0.410 e. The fourth-order valence-electron chi connectivity index (χ4n) is 3.82. The second-order valence-electron chi connectivity index (χ2n) is 9.34. The van der Waals surface area contributed by atoms with Crippen molar-refractivity contribution in [1.29, 1.82) is 5.26 Å². The fraction of sp³-hybridized carbons (Fsp3) is 0.500. The number of carbonyl (C=O) groups is 2. The molecule has 34 heavy (non-hydrogen) atoms. The van der Waals surface area contributed by atoms with Gasteiger partial charge in [0.05, 0.1) is 11.4 Å². The zero-order valence-corrected chi connectivity index (χ0v) is 19.8. The number of nitriles is 1. The fourth-order valence-corrected chi connectivity index (χ4v) is 3.82. The molecule has 2 heterocycles. The minimum Gasteiger partial charge on any atom is -0.444 e. The van der Waals surface area contributed by atoms with Crippen molar-refractivity contribution < 1.29 is 18.7 Å². The lowest BCUT2D eigenvalue weighted by Crippen LogP contribution is -2.45. The van der Waals surface area contributed by atoms with E-state index < -0.39 is 5.60 Å². The maximum atomic E-state index is 13.2. The van der Waals surface area contributed by atoms with Gasteiger partial charge >= 0.3 is 6.09 Å². The second-order valence-corrected chi connectivity index (χ2v) is 9.34. The van der Waals surface area contributed by atoms with Gasteiger partial charge in [-0.05, 0) is 70.7 Å². The van der Waals surface area contributed by atoms with Crippen LogP contribution in [-0.2, 0) is 16.0 Å². The molecule has 2 aromatic rings. The molecule has 0 aliphatic carbocycles. The normalized spacial score (nSPS) is 14.5. The summed E-state index contributed by atoms with van der Waals surface area (Å²) in [7, 11) is 0. The number of nitrogen functional groups attached to an aromatic ring is 1. The molecular formula is C24H31FN6O3. The average Bonchev–Trinajstić information content (AvgIpc) is 3.11. The number of hydrogen-bond acceptors (Lipinski definition) is 6. The second kappa shape index (κ2) is 10.5. The third-order valence-corrected chi connectivity index (χ3v) is 5.58. The molecular weight excluding hydrogens is 439 g/mol. The van der Waals surface area contributed by atoms with E-state index in [0.717, 1.165) is 0 Å². The first-order valence-electron chi connectivity index (χ1n) is 11.4. The predicted molar refractivity (Wildman–Crippen MR) is 125 cm³/mol. The Bertz CT molecular complexity index is 1060. The molecule has 3 rings (SSSR count). The first-order chi connectivity index (χ1) is 16.1. The number of rotatable bonds is 6. The minimum absolute atomic E-state index is 0.0410. The number of likely N-dealkylation sites (tertiary alicyclic amines) is 1. The largest absolute Gasteiger partial charge is 0.444 e. The number of aryl methyl sites for hydroxylation is 1. The third kappa shape index (κ3) is 6.25. The quantitative estimate of drug-likeness (QED) is 0.625. The van der Waals surface area contributed by atoms with Crippen LogP contribution in [-0.4, -0.2) is 51.9 Å². The molecule has 182 valence electrons. The van der Waals surface area contributed by atoms with E-state index >= 15 is 0 Å². The van der Waals surface area contributed by atoms with Crippen LogP contribution in [0.25, 0.3) is 5.69 Å². The molecule has 1 fully saturated rings. The highest BCUT2D eigenvalue weighted by Gasteiger charge is 2.29. The molecule has 1 aromatic carbocycles. The zero-order valence-electron chi connectivity index (χ0n) is 19.8. The summed E-state index contributed by atoms with van der Waals surface area (Å²) in [5, 5.41) is 16.9. The molecule has 0 atom stereocenters. The number of aromatic nitrogens is 2. The van der Waals surface area contributed by atoms with E-state index in [2.05, 4.69) is 16.5 Å². The number of nitrogens with two attached hydrogens (primary N) is 1. The average molecular weight is 471 g/mol. The van der Waals surface area contributed by atoms with Crippen LogP contribution in [0.5, 0.6) is 0 Å². The lowest BCUT2D eigenvalue weighted by Gasteiger charge is -2.32. The van der Waals surface area contributed by atoms with E-state index in [9.17, 15) is 19.2 Å². The molecule has 1 aliphatic rings. The Morgan fingerprint density at radius 3 is 2.50 bits per heavy atom. The molecule has 0 saturated carbocycles. The Labute approximate surface area is 198 Å². The summed E-state index contributed by atoms with van der Waals surface area (Å²) in [6, 6.07) is 7.76. The van der Waals surface area contributed by atoms with E-state index in [1.165, 1.54) is 28.9 Å². The first kappa shape index (κ1) is 25.0. The summed E-state index contributed by atoms with van der Waals surface area (Å²) < 4.78 is 20.0. The molecule has 1 aromatic heterocycles. The van der Waals surface area contributed by atoms with Crippen molar-refractivity contribution in [3.8, 4) is 11.8 Å². The maximum absolute atomic E-state index is 13.2. The first-order valence-corrected chi connectivity index (χ1v) is 11.4.